The Hall–Kier alpha value is -2.76. The monoisotopic (exact) mass is 330 g/mol. The number of piperazine rings is 1. The molecule has 0 N–H and O–H groups in total. The summed E-state index contributed by atoms with van der Waals surface area (Å²) in [4.78, 5) is 27.3. The third kappa shape index (κ3) is 3.13. The molecule has 6 heteroatoms. The number of rotatable bonds is 3. The van der Waals surface area contributed by atoms with Gasteiger partial charge >= 0.3 is 11.8 Å². The first-order valence-electron chi connectivity index (χ1n) is 7.57. The molecule has 2 aromatic carbocycles. The fourth-order valence-corrected chi connectivity index (χ4v) is 2.76. The van der Waals surface area contributed by atoms with E-state index in [2.05, 4.69) is 0 Å². The van der Waals surface area contributed by atoms with Crippen molar-refractivity contribution in [3.63, 3.8) is 0 Å². The smallest absolute Gasteiger partial charge is 0.316 e. The Bertz CT molecular complexity index is 807. The van der Waals surface area contributed by atoms with Gasteiger partial charge in [0, 0.05) is 31.4 Å². The fourth-order valence-electron chi connectivity index (χ4n) is 2.76. The fraction of sp³-hybridized carbons (Fsp3) is 0.222. The molecule has 3 rings (SSSR count). The van der Waals surface area contributed by atoms with Gasteiger partial charge in [0.25, 0.3) is 0 Å². The molecule has 124 valence electrons. The lowest BCUT2D eigenvalue weighted by molar-refractivity contribution is -0.146. The molecular formula is C18H16F2N2O2. The normalized spacial score (nSPS) is 15.1. The van der Waals surface area contributed by atoms with E-state index in [-0.39, 0.29) is 12.2 Å². The summed E-state index contributed by atoms with van der Waals surface area (Å²) < 4.78 is 26.4. The molecule has 1 aliphatic rings. The molecule has 0 bridgehead atoms. The van der Waals surface area contributed by atoms with Crippen LogP contribution in [0.15, 0.2) is 42.5 Å². The van der Waals surface area contributed by atoms with Gasteiger partial charge < -0.3 is 9.80 Å². The van der Waals surface area contributed by atoms with Gasteiger partial charge in [0.05, 0.1) is 0 Å². The predicted molar refractivity (Wildman–Crippen MR) is 85.3 cm³/mol. The number of carbonyl (C=O) groups excluding carboxylic acids is 2. The van der Waals surface area contributed by atoms with Crippen molar-refractivity contribution in [3.8, 4) is 0 Å². The van der Waals surface area contributed by atoms with Crippen molar-refractivity contribution in [2.75, 3.05) is 18.0 Å². The van der Waals surface area contributed by atoms with Crippen molar-refractivity contribution >= 4 is 17.5 Å². The van der Waals surface area contributed by atoms with Crippen LogP contribution in [0.25, 0.3) is 0 Å². The molecule has 24 heavy (non-hydrogen) atoms. The third-order valence-corrected chi connectivity index (χ3v) is 3.98. The summed E-state index contributed by atoms with van der Waals surface area (Å²) in [5, 5.41) is 0. The van der Waals surface area contributed by atoms with Crippen LogP contribution in [0.2, 0.25) is 0 Å². The average molecular weight is 330 g/mol. The van der Waals surface area contributed by atoms with Gasteiger partial charge in [0.1, 0.15) is 0 Å². The van der Waals surface area contributed by atoms with E-state index >= 15 is 0 Å². The van der Waals surface area contributed by atoms with Gasteiger partial charge in [-0.05, 0) is 24.6 Å². The molecule has 1 fully saturated rings. The lowest BCUT2D eigenvalue weighted by Crippen LogP contribution is -2.54. The molecule has 0 radical (unpaired) electrons. The summed E-state index contributed by atoms with van der Waals surface area (Å²) >= 11 is 0. The summed E-state index contributed by atoms with van der Waals surface area (Å²) in [6.07, 6.45) is 0. The number of nitrogens with zero attached hydrogens (tertiary/aromatic N) is 2. The van der Waals surface area contributed by atoms with Crippen LogP contribution < -0.4 is 4.90 Å². The van der Waals surface area contributed by atoms with E-state index in [1.54, 1.807) is 0 Å². The largest absolute Gasteiger partial charge is 0.328 e. The average Bonchev–Trinajstić information content (AvgIpc) is 2.55. The van der Waals surface area contributed by atoms with Crippen molar-refractivity contribution in [2.45, 2.75) is 13.5 Å². The van der Waals surface area contributed by atoms with Gasteiger partial charge in [-0.2, -0.15) is 0 Å². The molecule has 0 spiro atoms. The van der Waals surface area contributed by atoms with E-state index in [0.717, 1.165) is 23.3 Å². The van der Waals surface area contributed by atoms with Crippen molar-refractivity contribution in [3.05, 3.63) is 65.2 Å². The van der Waals surface area contributed by atoms with Gasteiger partial charge in [-0.3, -0.25) is 9.59 Å². The van der Waals surface area contributed by atoms with Crippen molar-refractivity contribution in [1.29, 1.82) is 0 Å². The Labute approximate surface area is 138 Å². The van der Waals surface area contributed by atoms with Gasteiger partial charge in [0.2, 0.25) is 0 Å². The van der Waals surface area contributed by atoms with Gasteiger partial charge in [-0.15, -0.1) is 0 Å². The minimum atomic E-state index is -1.05. The highest BCUT2D eigenvalue weighted by molar-refractivity contribution is 6.40. The van der Waals surface area contributed by atoms with Gasteiger partial charge in [0.15, 0.2) is 11.6 Å². The number of amides is 2. The van der Waals surface area contributed by atoms with E-state index in [1.807, 2.05) is 31.2 Å². The molecule has 0 aliphatic carbocycles. The Kier molecular flexibility index (Phi) is 4.29. The van der Waals surface area contributed by atoms with Crippen molar-refractivity contribution in [2.24, 2.45) is 0 Å². The Morgan fingerprint density at radius 1 is 0.958 bits per heavy atom. The van der Waals surface area contributed by atoms with Gasteiger partial charge in [-0.25, -0.2) is 8.78 Å². The van der Waals surface area contributed by atoms with Crippen LogP contribution in [0.5, 0.6) is 0 Å². The standard InChI is InChI=1S/C18H16F2N2O2/c1-12-3-2-4-13(9-12)11-21-7-8-22(18(24)17(21)23)14-5-6-15(19)16(20)10-14/h2-6,9-10H,7-8,11H2,1H3. The summed E-state index contributed by atoms with van der Waals surface area (Å²) in [6, 6.07) is 10.9. The number of carbonyl (C=O) groups is 2. The Morgan fingerprint density at radius 3 is 2.46 bits per heavy atom. The van der Waals surface area contributed by atoms with E-state index in [4.69, 9.17) is 0 Å². The first-order valence-corrected chi connectivity index (χ1v) is 7.57. The SMILES string of the molecule is Cc1cccc(CN2CCN(c3ccc(F)c(F)c3)C(=O)C2=O)c1. The number of hydrogen-bond acceptors (Lipinski definition) is 2. The van der Waals surface area contributed by atoms with Crippen LogP contribution in [-0.2, 0) is 16.1 Å². The van der Waals surface area contributed by atoms with Crippen LogP contribution in [0, 0.1) is 18.6 Å². The van der Waals surface area contributed by atoms with Crippen LogP contribution in [-0.4, -0.2) is 29.8 Å². The molecule has 0 unspecified atom stereocenters. The maximum absolute atomic E-state index is 13.4. The maximum atomic E-state index is 13.4. The summed E-state index contributed by atoms with van der Waals surface area (Å²) in [7, 11) is 0. The number of hydrogen-bond donors (Lipinski definition) is 0. The molecule has 1 aliphatic heterocycles. The summed E-state index contributed by atoms with van der Waals surface area (Å²) in [5.41, 5.74) is 2.20. The number of aryl methyl sites for hydroxylation is 1. The van der Waals surface area contributed by atoms with Gasteiger partial charge in [-0.1, -0.05) is 29.8 Å². The Morgan fingerprint density at radius 2 is 1.75 bits per heavy atom. The molecule has 0 atom stereocenters. The number of halogens is 2. The zero-order valence-corrected chi connectivity index (χ0v) is 13.1. The van der Waals surface area contributed by atoms with Crippen LogP contribution in [0.3, 0.4) is 0 Å². The molecular weight excluding hydrogens is 314 g/mol. The topological polar surface area (TPSA) is 40.6 Å². The molecule has 1 saturated heterocycles. The van der Waals surface area contributed by atoms with E-state index < -0.39 is 23.4 Å². The lowest BCUT2D eigenvalue weighted by atomic mass is 10.1. The quantitative estimate of drug-likeness (QED) is 0.812. The molecule has 0 aromatic heterocycles. The number of anilines is 1. The summed E-state index contributed by atoms with van der Waals surface area (Å²) in [6.45, 7) is 2.87. The van der Waals surface area contributed by atoms with Crippen molar-refractivity contribution in [1.82, 2.24) is 4.90 Å². The minimum absolute atomic E-state index is 0.183. The van der Waals surface area contributed by atoms with Crippen LogP contribution in [0.4, 0.5) is 14.5 Å². The highest BCUT2D eigenvalue weighted by Gasteiger charge is 2.33. The zero-order valence-electron chi connectivity index (χ0n) is 13.1. The van der Waals surface area contributed by atoms with Crippen LogP contribution in [0.1, 0.15) is 11.1 Å². The first kappa shape index (κ1) is 16.1. The highest BCUT2D eigenvalue weighted by atomic mass is 19.2. The maximum Gasteiger partial charge on any atom is 0.316 e. The predicted octanol–water partition coefficient (Wildman–Crippen LogP) is 2.65. The van der Waals surface area contributed by atoms with Crippen molar-refractivity contribution < 1.29 is 18.4 Å². The molecule has 1 heterocycles. The van der Waals surface area contributed by atoms with E-state index in [0.29, 0.717) is 13.1 Å². The van der Waals surface area contributed by atoms with E-state index in [1.165, 1.54) is 15.9 Å². The highest BCUT2D eigenvalue weighted by Crippen LogP contribution is 2.21. The number of benzene rings is 2. The van der Waals surface area contributed by atoms with E-state index in [9.17, 15) is 18.4 Å². The second-order valence-electron chi connectivity index (χ2n) is 5.77. The molecule has 0 saturated carbocycles. The lowest BCUT2D eigenvalue weighted by Gasteiger charge is -2.33. The molecule has 2 amide bonds. The second-order valence-corrected chi connectivity index (χ2v) is 5.77. The second kappa shape index (κ2) is 6.39. The third-order valence-electron chi connectivity index (χ3n) is 3.98. The van der Waals surface area contributed by atoms with Crippen LogP contribution >= 0.6 is 0 Å². The summed E-state index contributed by atoms with van der Waals surface area (Å²) in [5.74, 6) is -3.42. The molecule has 4 nitrogen and oxygen atoms in total. The zero-order chi connectivity index (χ0) is 17.3. The minimum Gasteiger partial charge on any atom is -0.328 e. The first-order chi connectivity index (χ1) is 11.5. The molecule has 2 aromatic rings. The Balaban J connectivity index is 1.76.